The number of esters is 1. The Kier molecular flexibility index (Phi) is 22.7. The molecule has 0 aliphatic carbocycles. The van der Waals surface area contributed by atoms with Crippen molar-refractivity contribution >= 4 is 34.4 Å². The van der Waals surface area contributed by atoms with Crippen LogP contribution in [0.25, 0.3) is 0 Å². The monoisotopic (exact) mass is 824 g/mol. The van der Waals surface area contributed by atoms with Crippen LogP contribution in [-0.4, -0.2) is 122 Å². The number of rotatable bonds is 29. The van der Waals surface area contributed by atoms with E-state index in [-0.39, 0.29) is 23.8 Å². The maximum atomic E-state index is 13.3. The first-order chi connectivity index (χ1) is 27.1. The van der Waals surface area contributed by atoms with Gasteiger partial charge >= 0.3 is 12.1 Å². The molecule has 0 aliphatic rings. The molecular formula is C39H60N4O13S. The third kappa shape index (κ3) is 21.1. The largest absolute Gasteiger partial charge is 0.494 e. The van der Waals surface area contributed by atoms with Gasteiger partial charge in [0.25, 0.3) is 0 Å². The van der Waals surface area contributed by atoms with Crippen LogP contribution in [0.4, 0.5) is 4.79 Å². The second kappa shape index (κ2) is 26.6. The Hall–Kier alpha value is -4.33. The summed E-state index contributed by atoms with van der Waals surface area (Å²) in [7, 11) is -3.12. The number of aryl methyl sites for hydroxylation is 2. The lowest BCUT2D eigenvalue weighted by molar-refractivity contribution is -0.178. The average Bonchev–Trinajstić information content (AvgIpc) is 3.15. The van der Waals surface area contributed by atoms with E-state index in [0.29, 0.717) is 102 Å². The number of nitrogens with one attached hydrogen (secondary N) is 3. The number of sulfonamides is 1. The maximum Gasteiger partial charge on any atom is 0.407 e. The number of amides is 3. The fourth-order valence-electron chi connectivity index (χ4n) is 5.14. The molecule has 0 saturated heterocycles. The van der Waals surface area contributed by atoms with Crippen molar-refractivity contribution in [2.45, 2.75) is 83.4 Å². The molecular weight excluding hydrogens is 765 g/mol. The zero-order chi connectivity index (χ0) is 42.1. The highest BCUT2D eigenvalue weighted by Crippen LogP contribution is 2.26. The van der Waals surface area contributed by atoms with Crippen LogP contribution >= 0.6 is 0 Å². The summed E-state index contributed by atoms with van der Waals surface area (Å²) in [6.45, 7) is 11.9. The Balaban J connectivity index is 1.55. The van der Waals surface area contributed by atoms with E-state index in [1.54, 1.807) is 46.8 Å². The van der Waals surface area contributed by atoms with Gasteiger partial charge in [0.1, 0.15) is 24.0 Å². The Morgan fingerprint density at radius 3 is 2.05 bits per heavy atom. The van der Waals surface area contributed by atoms with Gasteiger partial charge in [-0.2, -0.15) is 4.72 Å². The van der Waals surface area contributed by atoms with Crippen molar-refractivity contribution in [3.8, 4) is 5.75 Å². The van der Waals surface area contributed by atoms with Crippen LogP contribution in [0.3, 0.4) is 0 Å². The quantitative estimate of drug-likeness (QED) is 0.0467. The molecule has 0 spiro atoms. The van der Waals surface area contributed by atoms with E-state index in [1.807, 2.05) is 30.3 Å². The van der Waals surface area contributed by atoms with Crippen molar-refractivity contribution in [1.82, 2.24) is 20.4 Å². The highest BCUT2D eigenvalue weighted by molar-refractivity contribution is 7.89. The number of hydrogen-bond donors (Lipinski definition) is 3. The van der Waals surface area contributed by atoms with E-state index in [2.05, 4.69) is 15.4 Å². The molecule has 1 unspecified atom stereocenters. The van der Waals surface area contributed by atoms with Crippen LogP contribution < -0.4 is 20.1 Å². The molecule has 0 bridgehead atoms. The van der Waals surface area contributed by atoms with E-state index in [0.717, 1.165) is 12.7 Å². The molecule has 320 valence electrons. The first-order valence-corrected chi connectivity index (χ1v) is 20.3. The van der Waals surface area contributed by atoms with E-state index >= 15 is 0 Å². The average molecular weight is 825 g/mol. The molecule has 1 atom stereocenters. The van der Waals surface area contributed by atoms with Crippen molar-refractivity contribution in [2.75, 3.05) is 73.0 Å². The zero-order valence-corrected chi connectivity index (χ0v) is 34.8. The summed E-state index contributed by atoms with van der Waals surface area (Å²) in [6, 6.07) is 11.3. The van der Waals surface area contributed by atoms with Crippen molar-refractivity contribution in [3.63, 3.8) is 0 Å². The summed E-state index contributed by atoms with van der Waals surface area (Å²) >= 11 is 0. The molecule has 57 heavy (non-hydrogen) atoms. The summed E-state index contributed by atoms with van der Waals surface area (Å²) in [5.41, 5.74) is 0.947. The van der Waals surface area contributed by atoms with E-state index in [4.69, 9.17) is 33.3 Å². The van der Waals surface area contributed by atoms with Gasteiger partial charge in [0.05, 0.1) is 51.6 Å². The number of carbonyl (C=O) groups is 4. The van der Waals surface area contributed by atoms with E-state index in [9.17, 15) is 27.6 Å². The Morgan fingerprint density at radius 2 is 1.46 bits per heavy atom. The zero-order valence-electron chi connectivity index (χ0n) is 34.0. The molecule has 0 fully saturated rings. The first-order valence-electron chi connectivity index (χ1n) is 18.8. The normalized spacial score (nSPS) is 12.0. The molecule has 2 rings (SSSR count). The van der Waals surface area contributed by atoms with E-state index in [1.165, 1.54) is 5.06 Å². The van der Waals surface area contributed by atoms with Gasteiger partial charge in [0, 0.05) is 32.7 Å². The Bertz CT molecular complexity index is 1600. The maximum absolute atomic E-state index is 13.3. The lowest BCUT2D eigenvalue weighted by atomic mass is 10.1. The minimum atomic E-state index is -4.23. The van der Waals surface area contributed by atoms with Crippen molar-refractivity contribution in [2.24, 2.45) is 0 Å². The Labute approximate surface area is 336 Å². The smallest absolute Gasteiger partial charge is 0.407 e. The molecule has 17 nitrogen and oxygen atoms in total. The van der Waals surface area contributed by atoms with Crippen molar-refractivity contribution in [1.29, 1.82) is 0 Å². The molecule has 2 aromatic rings. The topological polar surface area (TPSA) is 206 Å². The lowest BCUT2D eigenvalue weighted by Crippen LogP contribution is -2.49. The number of methoxy groups -OCH3 is 1. The molecule has 2 aromatic carbocycles. The number of nitrogens with zero attached hydrogens (tertiary/aromatic N) is 1. The molecule has 0 heterocycles. The Morgan fingerprint density at radius 1 is 0.842 bits per heavy atom. The predicted octanol–water partition coefficient (Wildman–Crippen LogP) is 3.34. The highest BCUT2D eigenvalue weighted by Gasteiger charge is 2.30. The standard InChI is InChI=1S/C39H60N4O13S/c1-30-25-33(26-31(2)36(30)57(48,49)42-34(37(46)50-6)27-41-38(47)56-39(3,4)5)54-20-10-15-35(45)40-16-11-18-51-21-23-53-24-22-52-19-12-17-43(29-44)55-28-32-13-8-7-9-14-32/h7-9,13-14,25-26,29,34,42H,10-12,15-24,27-28H2,1-6H3,(H,40,45)(H,41,47). The van der Waals surface area contributed by atoms with Crippen LogP contribution in [0, 0.1) is 13.8 Å². The first kappa shape index (κ1) is 48.8. The third-order valence-electron chi connectivity index (χ3n) is 7.71. The van der Waals surface area contributed by atoms with Crippen molar-refractivity contribution < 1.29 is 60.9 Å². The van der Waals surface area contributed by atoms with Gasteiger partial charge in [0.2, 0.25) is 22.3 Å². The van der Waals surface area contributed by atoms with Gasteiger partial charge in [-0.05, 0) is 82.7 Å². The minimum absolute atomic E-state index is 0.0415. The van der Waals surface area contributed by atoms with Gasteiger partial charge in [-0.1, -0.05) is 30.3 Å². The number of alkyl carbamates (subject to hydrolysis) is 1. The van der Waals surface area contributed by atoms with Crippen LogP contribution in [0.5, 0.6) is 5.75 Å². The summed E-state index contributed by atoms with van der Waals surface area (Å²) in [4.78, 5) is 53.3. The summed E-state index contributed by atoms with van der Waals surface area (Å²) in [6.07, 6.45) is 1.80. The summed E-state index contributed by atoms with van der Waals surface area (Å²) in [5.74, 6) is -0.582. The molecule has 0 aliphatic heterocycles. The molecule has 3 amide bonds. The molecule has 0 saturated carbocycles. The fraction of sp³-hybridized carbons (Fsp3) is 0.590. The van der Waals surface area contributed by atoms with Gasteiger partial charge in [-0.15, -0.1) is 0 Å². The van der Waals surface area contributed by atoms with Crippen LogP contribution in [0.15, 0.2) is 47.4 Å². The van der Waals surface area contributed by atoms with Gasteiger partial charge < -0.3 is 39.1 Å². The lowest BCUT2D eigenvalue weighted by Gasteiger charge is -2.22. The number of hydroxylamine groups is 2. The second-order valence-electron chi connectivity index (χ2n) is 13.8. The number of benzene rings is 2. The molecule has 18 heteroatoms. The number of ether oxygens (including phenoxy) is 6. The van der Waals surface area contributed by atoms with Gasteiger partial charge in [-0.25, -0.2) is 18.3 Å². The van der Waals surface area contributed by atoms with Crippen LogP contribution in [-0.2, 0) is 59.5 Å². The van der Waals surface area contributed by atoms with E-state index < -0.39 is 40.3 Å². The second-order valence-corrected chi connectivity index (χ2v) is 15.5. The van der Waals surface area contributed by atoms with Crippen LogP contribution in [0.2, 0.25) is 0 Å². The van der Waals surface area contributed by atoms with Crippen LogP contribution in [0.1, 0.15) is 63.1 Å². The predicted molar refractivity (Wildman–Crippen MR) is 210 cm³/mol. The fourth-order valence-corrected chi connectivity index (χ4v) is 6.77. The van der Waals surface area contributed by atoms with Gasteiger partial charge in [0.15, 0.2) is 0 Å². The van der Waals surface area contributed by atoms with Gasteiger partial charge in [-0.3, -0.25) is 19.2 Å². The SMILES string of the molecule is COC(=O)C(CNC(=O)OC(C)(C)C)NS(=O)(=O)c1c(C)cc(OCCCC(=O)NCCCOCCOCCOCCCN(C=O)OCc2ccccc2)cc1C. The number of carbonyl (C=O) groups excluding carboxylic acids is 4. The molecule has 0 aromatic heterocycles. The number of hydrogen-bond acceptors (Lipinski definition) is 13. The third-order valence-corrected chi connectivity index (χ3v) is 9.48. The highest BCUT2D eigenvalue weighted by atomic mass is 32.2. The summed E-state index contributed by atoms with van der Waals surface area (Å²) in [5, 5.41) is 6.50. The minimum Gasteiger partial charge on any atom is -0.494 e. The summed E-state index contributed by atoms with van der Waals surface area (Å²) < 4.78 is 61.3. The molecule has 0 radical (unpaired) electrons. The molecule has 3 N–H and O–H groups in total. The van der Waals surface area contributed by atoms with Crippen molar-refractivity contribution in [3.05, 3.63) is 59.2 Å².